The Morgan fingerprint density at radius 1 is 1.24 bits per heavy atom. The quantitative estimate of drug-likeness (QED) is 0.750. The highest BCUT2D eigenvalue weighted by molar-refractivity contribution is 5.82. The van der Waals surface area contributed by atoms with Crippen molar-refractivity contribution in [3.8, 4) is 0 Å². The molecule has 4 nitrogen and oxygen atoms in total. The second-order valence-corrected chi connectivity index (χ2v) is 3.89. The standard InChI is InChI=1S/C13H18N2O2/c1-16-13(17-2)9-14-7-10-8-15-12-6-4-3-5-11(10)12/h3-6,8,13-15H,7,9H2,1-2H3. The van der Waals surface area contributed by atoms with E-state index >= 15 is 0 Å². The first-order valence-electron chi connectivity index (χ1n) is 5.66. The van der Waals surface area contributed by atoms with E-state index in [4.69, 9.17) is 9.47 Å². The topological polar surface area (TPSA) is 46.3 Å². The predicted octanol–water partition coefficient (Wildman–Crippen LogP) is 1.88. The van der Waals surface area contributed by atoms with Crippen LogP contribution in [0.25, 0.3) is 10.9 Å². The first-order chi connectivity index (χ1) is 8.35. The average molecular weight is 234 g/mol. The molecular weight excluding hydrogens is 216 g/mol. The van der Waals surface area contributed by atoms with Gasteiger partial charge >= 0.3 is 0 Å². The number of aromatic amines is 1. The fourth-order valence-corrected chi connectivity index (χ4v) is 1.87. The normalized spacial score (nSPS) is 11.5. The first-order valence-corrected chi connectivity index (χ1v) is 5.66. The van der Waals surface area contributed by atoms with E-state index in [1.165, 1.54) is 16.5 Å². The number of nitrogens with one attached hydrogen (secondary N) is 2. The van der Waals surface area contributed by atoms with Crippen LogP contribution in [0.2, 0.25) is 0 Å². The van der Waals surface area contributed by atoms with Crippen LogP contribution < -0.4 is 5.32 Å². The van der Waals surface area contributed by atoms with Crippen LogP contribution in [-0.2, 0) is 16.0 Å². The molecule has 1 aromatic carbocycles. The summed E-state index contributed by atoms with van der Waals surface area (Å²) in [6.07, 6.45) is 1.84. The summed E-state index contributed by atoms with van der Waals surface area (Å²) >= 11 is 0. The van der Waals surface area contributed by atoms with Crippen molar-refractivity contribution >= 4 is 10.9 Å². The number of benzene rings is 1. The van der Waals surface area contributed by atoms with E-state index in [0.29, 0.717) is 6.54 Å². The summed E-state index contributed by atoms with van der Waals surface area (Å²) < 4.78 is 10.2. The van der Waals surface area contributed by atoms with Gasteiger partial charge in [0, 0.05) is 44.4 Å². The van der Waals surface area contributed by atoms with Crippen molar-refractivity contribution in [2.45, 2.75) is 12.8 Å². The van der Waals surface area contributed by atoms with Crippen LogP contribution in [0.15, 0.2) is 30.5 Å². The summed E-state index contributed by atoms with van der Waals surface area (Å²) in [6, 6.07) is 8.27. The summed E-state index contributed by atoms with van der Waals surface area (Å²) in [6.45, 7) is 1.47. The van der Waals surface area contributed by atoms with E-state index in [9.17, 15) is 0 Å². The lowest BCUT2D eigenvalue weighted by Crippen LogP contribution is -2.29. The van der Waals surface area contributed by atoms with Crippen molar-refractivity contribution in [3.63, 3.8) is 0 Å². The van der Waals surface area contributed by atoms with Crippen molar-refractivity contribution < 1.29 is 9.47 Å². The molecule has 0 radical (unpaired) electrons. The second kappa shape index (κ2) is 5.82. The number of para-hydroxylation sites is 1. The van der Waals surface area contributed by atoms with Crippen LogP contribution in [0.4, 0.5) is 0 Å². The molecule has 0 amide bonds. The minimum atomic E-state index is -0.194. The zero-order chi connectivity index (χ0) is 12.1. The van der Waals surface area contributed by atoms with Crippen molar-refractivity contribution in [1.82, 2.24) is 10.3 Å². The molecule has 17 heavy (non-hydrogen) atoms. The Labute approximate surface area is 101 Å². The van der Waals surface area contributed by atoms with Gasteiger partial charge in [-0.3, -0.25) is 0 Å². The maximum atomic E-state index is 5.11. The molecule has 0 atom stereocenters. The molecule has 0 aliphatic heterocycles. The number of hydrogen-bond acceptors (Lipinski definition) is 3. The summed E-state index contributed by atoms with van der Waals surface area (Å²) in [5.74, 6) is 0. The van der Waals surface area contributed by atoms with Gasteiger partial charge in [0.25, 0.3) is 0 Å². The molecule has 2 N–H and O–H groups in total. The van der Waals surface area contributed by atoms with Crippen molar-refractivity contribution in [3.05, 3.63) is 36.0 Å². The lowest BCUT2D eigenvalue weighted by atomic mass is 10.2. The van der Waals surface area contributed by atoms with Gasteiger partial charge in [-0.1, -0.05) is 18.2 Å². The summed E-state index contributed by atoms with van der Waals surface area (Å²) in [4.78, 5) is 3.25. The van der Waals surface area contributed by atoms with Gasteiger partial charge in [-0.15, -0.1) is 0 Å². The summed E-state index contributed by atoms with van der Waals surface area (Å²) in [5.41, 5.74) is 2.42. The largest absolute Gasteiger partial charge is 0.361 e. The molecule has 0 aliphatic carbocycles. The van der Waals surface area contributed by atoms with Gasteiger partial charge in [-0.05, 0) is 11.6 Å². The molecule has 2 rings (SSSR count). The molecule has 1 heterocycles. The number of methoxy groups -OCH3 is 2. The molecule has 0 saturated heterocycles. The maximum Gasteiger partial charge on any atom is 0.169 e. The van der Waals surface area contributed by atoms with Gasteiger partial charge in [0.15, 0.2) is 6.29 Å². The highest BCUT2D eigenvalue weighted by Crippen LogP contribution is 2.17. The van der Waals surface area contributed by atoms with Gasteiger partial charge in [0.1, 0.15) is 0 Å². The molecule has 92 valence electrons. The van der Waals surface area contributed by atoms with Crippen LogP contribution >= 0.6 is 0 Å². The zero-order valence-electron chi connectivity index (χ0n) is 10.2. The van der Waals surface area contributed by atoms with Gasteiger partial charge in [0.2, 0.25) is 0 Å². The fraction of sp³-hybridized carbons (Fsp3) is 0.385. The Morgan fingerprint density at radius 3 is 2.76 bits per heavy atom. The minimum absolute atomic E-state index is 0.194. The average Bonchev–Trinajstić information content (AvgIpc) is 2.78. The molecule has 4 heteroatoms. The molecule has 1 aromatic heterocycles. The minimum Gasteiger partial charge on any atom is -0.361 e. The molecule has 0 unspecified atom stereocenters. The van der Waals surface area contributed by atoms with Crippen LogP contribution in [0.5, 0.6) is 0 Å². The monoisotopic (exact) mass is 234 g/mol. The number of rotatable bonds is 6. The van der Waals surface area contributed by atoms with E-state index < -0.39 is 0 Å². The molecule has 0 spiro atoms. The van der Waals surface area contributed by atoms with E-state index in [1.54, 1.807) is 14.2 Å². The van der Waals surface area contributed by atoms with Crippen molar-refractivity contribution in [2.24, 2.45) is 0 Å². The highest BCUT2D eigenvalue weighted by atomic mass is 16.7. The number of aromatic nitrogens is 1. The van der Waals surface area contributed by atoms with Crippen LogP contribution in [0.1, 0.15) is 5.56 Å². The molecule has 0 aliphatic rings. The Kier molecular flexibility index (Phi) is 4.14. The summed E-state index contributed by atoms with van der Waals surface area (Å²) in [7, 11) is 3.28. The van der Waals surface area contributed by atoms with Crippen LogP contribution in [0, 0.1) is 0 Å². The summed E-state index contributed by atoms with van der Waals surface area (Å²) in [5, 5.41) is 4.57. The molecule has 2 aromatic rings. The Bertz CT molecular complexity index is 463. The number of H-pyrrole nitrogens is 1. The third-order valence-electron chi connectivity index (χ3n) is 2.83. The SMILES string of the molecule is COC(CNCc1c[nH]c2ccccc12)OC. The number of ether oxygens (including phenoxy) is 2. The number of fused-ring (bicyclic) bond motifs is 1. The third kappa shape index (κ3) is 2.85. The lowest BCUT2D eigenvalue weighted by Gasteiger charge is -2.13. The molecule has 0 saturated carbocycles. The van der Waals surface area contributed by atoms with E-state index in [0.717, 1.165) is 6.54 Å². The second-order valence-electron chi connectivity index (χ2n) is 3.89. The molecule has 0 fully saturated rings. The molecular formula is C13H18N2O2. The highest BCUT2D eigenvalue weighted by Gasteiger charge is 2.06. The third-order valence-corrected chi connectivity index (χ3v) is 2.83. The number of hydrogen-bond donors (Lipinski definition) is 2. The van der Waals surface area contributed by atoms with Gasteiger partial charge in [0.05, 0.1) is 0 Å². The Balaban J connectivity index is 1.95. The van der Waals surface area contributed by atoms with Crippen LogP contribution in [-0.4, -0.2) is 32.0 Å². The smallest absolute Gasteiger partial charge is 0.169 e. The Hall–Kier alpha value is -1.36. The maximum absolute atomic E-state index is 5.11. The van der Waals surface area contributed by atoms with E-state index in [1.807, 2.05) is 18.3 Å². The van der Waals surface area contributed by atoms with E-state index in [-0.39, 0.29) is 6.29 Å². The van der Waals surface area contributed by atoms with Crippen molar-refractivity contribution in [2.75, 3.05) is 20.8 Å². The first kappa shape index (κ1) is 12.1. The lowest BCUT2D eigenvalue weighted by molar-refractivity contribution is -0.0988. The molecule has 0 bridgehead atoms. The fourth-order valence-electron chi connectivity index (χ4n) is 1.87. The van der Waals surface area contributed by atoms with Crippen molar-refractivity contribution in [1.29, 1.82) is 0 Å². The van der Waals surface area contributed by atoms with Gasteiger partial charge in [-0.2, -0.15) is 0 Å². The zero-order valence-corrected chi connectivity index (χ0v) is 10.2. The van der Waals surface area contributed by atoms with Gasteiger partial charge < -0.3 is 19.8 Å². The van der Waals surface area contributed by atoms with E-state index in [2.05, 4.69) is 22.4 Å². The van der Waals surface area contributed by atoms with Gasteiger partial charge in [-0.25, -0.2) is 0 Å². The Morgan fingerprint density at radius 2 is 2.00 bits per heavy atom. The van der Waals surface area contributed by atoms with Crippen LogP contribution in [0.3, 0.4) is 0 Å². The predicted molar refractivity (Wildman–Crippen MR) is 67.8 cm³/mol.